The summed E-state index contributed by atoms with van der Waals surface area (Å²) < 4.78 is 17.8. The first-order valence-electron chi connectivity index (χ1n) is 7.18. The molecule has 0 bridgehead atoms. The van der Waals surface area contributed by atoms with E-state index >= 15 is 0 Å². The second-order valence-electron chi connectivity index (χ2n) is 5.41. The summed E-state index contributed by atoms with van der Waals surface area (Å²) in [7, 11) is 1.57. The summed E-state index contributed by atoms with van der Waals surface area (Å²) in [6.07, 6.45) is -0.107. The molecule has 1 aromatic rings. The summed E-state index contributed by atoms with van der Waals surface area (Å²) in [6, 6.07) is 0. The minimum Gasteiger partial charge on any atom is -0.394 e. The normalized spacial score (nSPS) is 28.2. The van der Waals surface area contributed by atoms with Gasteiger partial charge in [-0.3, -0.25) is 14.3 Å². The van der Waals surface area contributed by atoms with Gasteiger partial charge in [-0.1, -0.05) is 6.92 Å². The van der Waals surface area contributed by atoms with Crippen molar-refractivity contribution in [2.75, 3.05) is 26.9 Å². The van der Waals surface area contributed by atoms with E-state index in [1.165, 1.54) is 10.8 Å². The fraction of sp³-hybridized carbons (Fsp3) is 0.714. The zero-order chi connectivity index (χ0) is 16.3. The van der Waals surface area contributed by atoms with Crippen molar-refractivity contribution in [1.82, 2.24) is 9.55 Å². The van der Waals surface area contributed by atoms with Gasteiger partial charge in [0.25, 0.3) is 5.56 Å². The van der Waals surface area contributed by atoms with Crippen molar-refractivity contribution in [3.8, 4) is 0 Å². The van der Waals surface area contributed by atoms with Gasteiger partial charge in [0, 0.05) is 24.8 Å². The zero-order valence-electron chi connectivity index (χ0n) is 12.9. The Bertz CT molecular complexity index is 610. The van der Waals surface area contributed by atoms with Crippen LogP contribution in [-0.2, 0) is 14.2 Å². The highest BCUT2D eigenvalue weighted by molar-refractivity contribution is 5.03. The Morgan fingerprint density at radius 3 is 2.77 bits per heavy atom. The van der Waals surface area contributed by atoms with E-state index < -0.39 is 29.7 Å². The Labute approximate surface area is 127 Å². The maximum Gasteiger partial charge on any atom is 0.330 e. The number of methoxy groups -OCH3 is 1. The monoisotopic (exact) mass is 314 g/mol. The molecule has 1 saturated heterocycles. The Hall–Kier alpha value is -1.48. The molecular formula is C14H22N2O6. The van der Waals surface area contributed by atoms with Crippen LogP contribution in [0.1, 0.15) is 18.7 Å². The van der Waals surface area contributed by atoms with Crippen LogP contribution < -0.4 is 11.2 Å². The lowest BCUT2D eigenvalue weighted by molar-refractivity contribution is -0.0794. The number of hydrogen-bond acceptors (Lipinski definition) is 6. The van der Waals surface area contributed by atoms with Crippen LogP contribution in [0.15, 0.2) is 15.8 Å². The molecule has 1 unspecified atom stereocenters. The third-order valence-electron chi connectivity index (χ3n) is 3.90. The first-order chi connectivity index (χ1) is 10.5. The summed E-state index contributed by atoms with van der Waals surface area (Å²) in [5.41, 5.74) is -0.589. The number of aliphatic hydroxyl groups excluding tert-OH is 1. The van der Waals surface area contributed by atoms with Gasteiger partial charge in [0.15, 0.2) is 6.23 Å². The molecule has 8 heteroatoms. The number of nitrogens with one attached hydrogen (secondary N) is 1. The molecule has 124 valence electrons. The summed E-state index contributed by atoms with van der Waals surface area (Å²) in [4.78, 5) is 25.8. The van der Waals surface area contributed by atoms with Gasteiger partial charge in [0.1, 0.15) is 6.10 Å². The molecule has 1 aliphatic rings. The fourth-order valence-corrected chi connectivity index (χ4v) is 2.56. The Morgan fingerprint density at radius 2 is 2.14 bits per heavy atom. The summed E-state index contributed by atoms with van der Waals surface area (Å²) in [5, 5.41) is 9.41. The highest BCUT2D eigenvalue weighted by atomic mass is 16.6. The lowest BCUT2D eigenvalue weighted by Gasteiger charge is -2.23. The third-order valence-corrected chi connectivity index (χ3v) is 3.90. The van der Waals surface area contributed by atoms with E-state index in [1.54, 1.807) is 14.0 Å². The molecule has 0 radical (unpaired) electrons. The van der Waals surface area contributed by atoms with E-state index in [-0.39, 0.29) is 12.5 Å². The van der Waals surface area contributed by atoms with Crippen LogP contribution >= 0.6 is 0 Å². The zero-order valence-corrected chi connectivity index (χ0v) is 12.9. The topological polar surface area (TPSA) is 103 Å². The second-order valence-corrected chi connectivity index (χ2v) is 5.41. The molecule has 1 aliphatic heterocycles. The molecule has 1 fully saturated rings. The predicted octanol–water partition coefficient (Wildman–Crippen LogP) is -0.598. The van der Waals surface area contributed by atoms with E-state index in [9.17, 15) is 14.7 Å². The van der Waals surface area contributed by atoms with Gasteiger partial charge in [-0.25, -0.2) is 4.79 Å². The highest BCUT2D eigenvalue weighted by Gasteiger charge is 2.43. The molecule has 0 aliphatic carbocycles. The fourth-order valence-electron chi connectivity index (χ4n) is 2.56. The average molecular weight is 314 g/mol. The molecule has 22 heavy (non-hydrogen) atoms. The van der Waals surface area contributed by atoms with Crippen LogP contribution in [-0.4, -0.2) is 53.8 Å². The van der Waals surface area contributed by atoms with Gasteiger partial charge in [0.2, 0.25) is 0 Å². The number of ether oxygens (including phenoxy) is 3. The van der Waals surface area contributed by atoms with Crippen LogP contribution in [0.4, 0.5) is 0 Å². The third kappa shape index (κ3) is 3.30. The summed E-state index contributed by atoms with van der Waals surface area (Å²) in [6.45, 7) is 4.10. The average Bonchev–Trinajstić information content (AvgIpc) is 2.80. The lowest BCUT2D eigenvalue weighted by atomic mass is 10.0. The van der Waals surface area contributed by atoms with Gasteiger partial charge < -0.3 is 19.3 Å². The van der Waals surface area contributed by atoms with Gasteiger partial charge in [-0.15, -0.1) is 0 Å². The van der Waals surface area contributed by atoms with Crippen molar-refractivity contribution in [1.29, 1.82) is 0 Å². The maximum atomic E-state index is 12.0. The number of aryl methyl sites for hydroxylation is 1. The Morgan fingerprint density at radius 1 is 1.41 bits per heavy atom. The number of nitrogens with zero attached hydrogens (tertiary/aromatic N) is 1. The first kappa shape index (κ1) is 16.9. The van der Waals surface area contributed by atoms with E-state index in [0.29, 0.717) is 18.8 Å². The van der Waals surface area contributed by atoms with Gasteiger partial charge >= 0.3 is 5.69 Å². The van der Waals surface area contributed by atoms with E-state index in [2.05, 4.69) is 4.98 Å². The van der Waals surface area contributed by atoms with Crippen LogP contribution in [0.5, 0.6) is 0 Å². The van der Waals surface area contributed by atoms with Crippen molar-refractivity contribution in [3.05, 3.63) is 32.6 Å². The van der Waals surface area contributed by atoms with Gasteiger partial charge in [0.05, 0.1) is 25.9 Å². The Balaban J connectivity index is 2.31. The largest absolute Gasteiger partial charge is 0.394 e. The van der Waals surface area contributed by atoms with Crippen molar-refractivity contribution in [2.24, 2.45) is 5.92 Å². The summed E-state index contributed by atoms with van der Waals surface area (Å²) in [5.74, 6) is -0.106. The van der Waals surface area contributed by atoms with E-state index in [1.807, 2.05) is 6.92 Å². The number of aromatic nitrogens is 2. The molecule has 2 rings (SSSR count). The number of rotatable bonds is 6. The minimum absolute atomic E-state index is 0.106. The number of aromatic amines is 1. The maximum absolute atomic E-state index is 12.0. The predicted molar refractivity (Wildman–Crippen MR) is 77.8 cm³/mol. The second kappa shape index (κ2) is 7.19. The van der Waals surface area contributed by atoms with E-state index in [4.69, 9.17) is 14.2 Å². The highest BCUT2D eigenvalue weighted by Crippen LogP contribution is 2.35. The standard InChI is InChI=1S/C14H22N2O6/c1-8-6-16(14(19)15-12(8)18)13-11(21-5-4-20-3)9(2)10(7-17)22-13/h6,9-11,13,17H,4-5,7H2,1-3H3,(H,15,18,19)/t9?,10-,11+,13-/m1/s1. The molecule has 0 spiro atoms. The molecule has 0 aromatic carbocycles. The van der Waals surface area contributed by atoms with E-state index in [0.717, 1.165) is 0 Å². The van der Waals surface area contributed by atoms with Gasteiger partial charge in [-0.2, -0.15) is 0 Å². The molecule has 1 aromatic heterocycles. The molecular weight excluding hydrogens is 292 g/mol. The molecule has 0 amide bonds. The van der Waals surface area contributed by atoms with Crippen molar-refractivity contribution >= 4 is 0 Å². The summed E-state index contributed by atoms with van der Waals surface area (Å²) >= 11 is 0. The van der Waals surface area contributed by atoms with Crippen molar-refractivity contribution in [3.63, 3.8) is 0 Å². The molecule has 2 heterocycles. The van der Waals surface area contributed by atoms with Crippen LogP contribution in [0.2, 0.25) is 0 Å². The lowest BCUT2D eigenvalue weighted by Crippen LogP contribution is -2.38. The van der Waals surface area contributed by atoms with Crippen LogP contribution in [0, 0.1) is 12.8 Å². The first-order valence-corrected chi connectivity index (χ1v) is 7.18. The molecule has 0 saturated carbocycles. The van der Waals surface area contributed by atoms with Gasteiger partial charge in [-0.05, 0) is 6.92 Å². The Kier molecular flexibility index (Phi) is 5.52. The smallest absolute Gasteiger partial charge is 0.330 e. The van der Waals surface area contributed by atoms with Crippen molar-refractivity contribution < 1.29 is 19.3 Å². The van der Waals surface area contributed by atoms with Crippen LogP contribution in [0.25, 0.3) is 0 Å². The minimum atomic E-state index is -0.702. The number of aliphatic hydroxyl groups is 1. The SMILES string of the molecule is COCCO[C@H]1C(C)[C@@H](CO)O[C@H]1n1cc(C)c(=O)[nH]c1=O. The number of H-pyrrole nitrogens is 1. The quantitative estimate of drug-likeness (QED) is 0.680. The molecule has 2 N–H and O–H groups in total. The van der Waals surface area contributed by atoms with Crippen LogP contribution in [0.3, 0.4) is 0 Å². The van der Waals surface area contributed by atoms with Crippen molar-refractivity contribution in [2.45, 2.75) is 32.3 Å². The molecule has 8 nitrogen and oxygen atoms in total. The number of hydrogen-bond donors (Lipinski definition) is 2. The molecule has 4 atom stereocenters.